The van der Waals surface area contributed by atoms with Crippen molar-refractivity contribution in [2.75, 3.05) is 6.61 Å². The fourth-order valence-corrected chi connectivity index (χ4v) is 2.09. The number of allylic oxidation sites excluding steroid dienone is 1. The zero-order valence-corrected chi connectivity index (χ0v) is 12.6. The molecule has 0 saturated heterocycles. The molecule has 0 unspecified atom stereocenters. The van der Waals surface area contributed by atoms with Crippen LogP contribution in [0.15, 0.2) is 32.8 Å². The molecule has 12 heteroatoms. The van der Waals surface area contributed by atoms with Crippen molar-refractivity contribution >= 4 is 17.8 Å². The lowest BCUT2D eigenvalue weighted by atomic mass is 10.0. The molecule has 128 valence electrons. The molecule has 2 heterocycles. The van der Waals surface area contributed by atoms with Crippen LogP contribution in [0.3, 0.4) is 0 Å². The summed E-state index contributed by atoms with van der Waals surface area (Å²) in [6.45, 7) is 3.21. The van der Waals surface area contributed by atoms with Crippen molar-refractivity contribution in [3.63, 3.8) is 0 Å². The summed E-state index contributed by atoms with van der Waals surface area (Å²) in [6, 6.07) is 1.25. The van der Waals surface area contributed by atoms with Gasteiger partial charge in [-0.2, -0.15) is 0 Å². The highest BCUT2D eigenvalue weighted by Gasteiger charge is 2.34. The monoisotopic (exact) mass is 339 g/mol. The molecule has 0 aromatic carbocycles. The number of carbonyl (C=O) groups is 1. The van der Waals surface area contributed by atoms with Gasteiger partial charge in [0.2, 0.25) is 0 Å². The van der Waals surface area contributed by atoms with Gasteiger partial charge in [-0.1, -0.05) is 5.43 Å². The molecule has 2 rings (SSSR count). The van der Waals surface area contributed by atoms with E-state index in [4.69, 9.17) is 9.15 Å². The SMILES string of the molecule is CCOC(=O)C1=C(C)NC(N[N+](=O)[O-])=N[C@@H]1c1ccc([N+](=O)[O-])o1. The lowest BCUT2D eigenvalue weighted by molar-refractivity contribution is -0.525. The number of hydrazine groups is 1. The average Bonchev–Trinajstić information content (AvgIpc) is 2.95. The van der Waals surface area contributed by atoms with Crippen molar-refractivity contribution in [2.45, 2.75) is 19.9 Å². The summed E-state index contributed by atoms with van der Waals surface area (Å²) in [7, 11) is 0. The van der Waals surface area contributed by atoms with E-state index in [-0.39, 0.29) is 29.6 Å². The van der Waals surface area contributed by atoms with Crippen molar-refractivity contribution in [3.05, 3.63) is 49.4 Å². The maximum Gasteiger partial charge on any atom is 0.433 e. The third-order valence-electron chi connectivity index (χ3n) is 3.00. The van der Waals surface area contributed by atoms with Crippen LogP contribution in [0.25, 0.3) is 0 Å². The maximum atomic E-state index is 12.1. The quantitative estimate of drug-likeness (QED) is 0.449. The maximum absolute atomic E-state index is 12.1. The first-order valence-electron chi connectivity index (χ1n) is 6.71. The molecule has 0 amide bonds. The number of rotatable bonds is 5. The van der Waals surface area contributed by atoms with Crippen LogP contribution >= 0.6 is 0 Å². The molecule has 1 atom stereocenters. The minimum atomic E-state index is -1.12. The molecule has 24 heavy (non-hydrogen) atoms. The minimum absolute atomic E-state index is 0.0201. The van der Waals surface area contributed by atoms with Gasteiger partial charge in [0, 0.05) is 5.70 Å². The van der Waals surface area contributed by atoms with Crippen molar-refractivity contribution < 1.29 is 23.9 Å². The number of aliphatic imine (C=N–C) groups is 1. The van der Waals surface area contributed by atoms with E-state index in [0.29, 0.717) is 0 Å². The Labute approximate surface area is 134 Å². The molecule has 1 aliphatic heterocycles. The number of hydrogen-bond acceptors (Lipinski definition) is 9. The molecule has 0 bridgehead atoms. The van der Waals surface area contributed by atoms with Crippen LogP contribution in [-0.2, 0) is 9.53 Å². The first-order valence-corrected chi connectivity index (χ1v) is 6.71. The zero-order chi connectivity index (χ0) is 17.9. The van der Waals surface area contributed by atoms with Gasteiger partial charge >= 0.3 is 11.9 Å². The van der Waals surface area contributed by atoms with E-state index in [1.165, 1.54) is 13.0 Å². The Morgan fingerprint density at radius 3 is 2.71 bits per heavy atom. The van der Waals surface area contributed by atoms with Gasteiger partial charge in [0.15, 0.2) is 5.03 Å². The molecule has 0 aliphatic carbocycles. The number of carbonyl (C=O) groups excluding carboxylic acids is 1. The molecule has 12 nitrogen and oxygen atoms in total. The molecule has 0 fully saturated rings. The van der Waals surface area contributed by atoms with Crippen molar-refractivity contribution in [3.8, 4) is 0 Å². The van der Waals surface area contributed by atoms with Crippen LogP contribution in [0, 0.1) is 20.2 Å². The van der Waals surface area contributed by atoms with Crippen LogP contribution in [0.1, 0.15) is 25.6 Å². The predicted octanol–water partition coefficient (Wildman–Crippen LogP) is 0.807. The van der Waals surface area contributed by atoms with Gasteiger partial charge in [-0.05, 0) is 19.9 Å². The topological polar surface area (TPSA) is 162 Å². The average molecular weight is 339 g/mol. The van der Waals surface area contributed by atoms with Crippen molar-refractivity contribution in [1.82, 2.24) is 10.7 Å². The number of nitrogens with zero attached hydrogens (tertiary/aromatic N) is 3. The van der Waals surface area contributed by atoms with Gasteiger partial charge in [0.25, 0.3) is 5.96 Å². The third kappa shape index (κ3) is 3.48. The van der Waals surface area contributed by atoms with Gasteiger partial charge in [-0.15, -0.1) is 0 Å². The van der Waals surface area contributed by atoms with E-state index in [2.05, 4.69) is 10.3 Å². The Hall–Kier alpha value is -3.44. The van der Waals surface area contributed by atoms with Crippen LogP contribution in [0.5, 0.6) is 0 Å². The summed E-state index contributed by atoms with van der Waals surface area (Å²) in [5, 5.41) is 23.1. The van der Waals surface area contributed by atoms with Crippen LogP contribution in [0.4, 0.5) is 5.88 Å². The normalized spacial score (nSPS) is 16.9. The molecule has 0 radical (unpaired) electrons. The number of guanidine groups is 1. The summed E-state index contributed by atoms with van der Waals surface area (Å²) < 4.78 is 10.0. The number of nitro groups is 2. The van der Waals surface area contributed by atoms with E-state index in [0.717, 1.165) is 6.07 Å². The highest BCUT2D eigenvalue weighted by molar-refractivity contribution is 5.94. The van der Waals surface area contributed by atoms with Gasteiger partial charge in [-0.25, -0.2) is 19.9 Å². The van der Waals surface area contributed by atoms with E-state index >= 15 is 0 Å². The smallest absolute Gasteiger partial charge is 0.433 e. The molecule has 0 spiro atoms. The number of hydrogen-bond donors (Lipinski definition) is 2. The second-order valence-corrected chi connectivity index (χ2v) is 4.57. The van der Waals surface area contributed by atoms with Crippen molar-refractivity contribution in [2.24, 2.45) is 4.99 Å². The molecular weight excluding hydrogens is 326 g/mol. The van der Waals surface area contributed by atoms with Gasteiger partial charge < -0.3 is 14.5 Å². The standard InChI is InChI=1S/C12H13N5O7/c1-3-23-11(18)9-6(2)13-12(15-17(21)22)14-10(9)7-4-5-8(24-7)16(19)20/h4-5,10H,3H2,1-2H3,(H2,13,14,15)/t10-/m1/s1. The molecule has 1 aromatic heterocycles. The Morgan fingerprint density at radius 2 is 2.17 bits per heavy atom. The lowest BCUT2D eigenvalue weighted by Crippen LogP contribution is -2.43. The Bertz CT molecular complexity index is 751. The summed E-state index contributed by atoms with van der Waals surface area (Å²) in [5.74, 6) is -1.51. The second-order valence-electron chi connectivity index (χ2n) is 4.57. The number of furan rings is 1. The molecule has 2 N–H and O–H groups in total. The summed E-state index contributed by atoms with van der Waals surface area (Å²) in [5.41, 5.74) is 2.12. The summed E-state index contributed by atoms with van der Waals surface area (Å²) in [6.07, 6.45) is 0. The highest BCUT2D eigenvalue weighted by atomic mass is 16.7. The molecule has 1 aromatic rings. The van der Waals surface area contributed by atoms with Crippen LogP contribution < -0.4 is 10.7 Å². The predicted molar refractivity (Wildman–Crippen MR) is 78.1 cm³/mol. The van der Waals surface area contributed by atoms with Crippen LogP contribution in [-0.4, -0.2) is 28.5 Å². The largest absolute Gasteiger partial charge is 0.463 e. The first kappa shape index (κ1) is 16.9. The number of ether oxygens (including phenoxy) is 1. The second kappa shape index (κ2) is 6.76. The highest BCUT2D eigenvalue weighted by Crippen LogP contribution is 2.33. The van der Waals surface area contributed by atoms with Crippen molar-refractivity contribution in [1.29, 1.82) is 0 Å². The van der Waals surface area contributed by atoms with Crippen LogP contribution in [0.2, 0.25) is 0 Å². The Balaban J connectivity index is 2.45. The molecule has 1 aliphatic rings. The fraction of sp³-hybridized carbons (Fsp3) is 0.333. The van der Waals surface area contributed by atoms with E-state index in [1.54, 1.807) is 6.92 Å². The van der Waals surface area contributed by atoms with Gasteiger partial charge in [-0.3, -0.25) is 10.1 Å². The summed E-state index contributed by atoms with van der Waals surface area (Å²) >= 11 is 0. The Kier molecular flexibility index (Phi) is 4.77. The van der Waals surface area contributed by atoms with Gasteiger partial charge in [0.05, 0.1) is 18.2 Å². The first-order chi connectivity index (χ1) is 11.3. The van der Waals surface area contributed by atoms with E-state index < -0.39 is 27.9 Å². The fourth-order valence-electron chi connectivity index (χ4n) is 2.09. The molecule has 0 saturated carbocycles. The molecular formula is C12H13N5O7. The summed E-state index contributed by atoms with van der Waals surface area (Å²) in [4.78, 5) is 36.7. The Morgan fingerprint density at radius 1 is 1.46 bits per heavy atom. The third-order valence-corrected chi connectivity index (χ3v) is 3.00. The zero-order valence-electron chi connectivity index (χ0n) is 12.6. The number of nitrogens with one attached hydrogen (secondary N) is 2. The van der Waals surface area contributed by atoms with E-state index in [1.807, 2.05) is 5.43 Å². The van der Waals surface area contributed by atoms with Gasteiger partial charge in [0.1, 0.15) is 16.7 Å². The van der Waals surface area contributed by atoms with E-state index in [9.17, 15) is 25.0 Å². The minimum Gasteiger partial charge on any atom is -0.463 e. The lowest BCUT2D eigenvalue weighted by Gasteiger charge is -2.22. The number of esters is 1.